The minimum absolute atomic E-state index is 0.207. The molecule has 3 aromatic rings. The molecule has 2 aliphatic rings. The maximum absolute atomic E-state index is 13.0. The van der Waals surface area contributed by atoms with Gasteiger partial charge in [-0.05, 0) is 74.6 Å². The SMILES string of the molecule is Cc1cc(NC(=O)c2cnn(-c3ccc(Cl)cc3)c2C)cnc1C1=CCC(N2CCOCC2)CC1. The van der Waals surface area contributed by atoms with Gasteiger partial charge in [0.25, 0.3) is 5.91 Å². The molecule has 1 atom stereocenters. The maximum Gasteiger partial charge on any atom is 0.259 e. The van der Waals surface area contributed by atoms with Gasteiger partial charge in [-0.2, -0.15) is 5.10 Å². The van der Waals surface area contributed by atoms with Crippen LogP contribution in [0.4, 0.5) is 5.69 Å². The van der Waals surface area contributed by atoms with Crippen LogP contribution in [0.2, 0.25) is 5.02 Å². The van der Waals surface area contributed by atoms with Crippen molar-refractivity contribution < 1.29 is 9.53 Å². The molecule has 8 heteroatoms. The third-order valence-electron chi connectivity index (χ3n) is 6.91. The van der Waals surface area contributed by atoms with Gasteiger partial charge in [-0.1, -0.05) is 17.7 Å². The van der Waals surface area contributed by atoms with E-state index in [0.29, 0.717) is 22.3 Å². The zero-order valence-electron chi connectivity index (χ0n) is 20.1. The first-order chi connectivity index (χ1) is 17.0. The number of halogens is 1. The number of allylic oxidation sites excluding steroid dienone is 1. The van der Waals surface area contributed by atoms with E-state index in [-0.39, 0.29) is 5.91 Å². The molecule has 1 fully saturated rings. The molecule has 1 aliphatic heterocycles. The number of amides is 1. The van der Waals surface area contributed by atoms with Gasteiger partial charge in [0.05, 0.1) is 53.9 Å². The highest BCUT2D eigenvalue weighted by Crippen LogP contribution is 2.31. The minimum atomic E-state index is -0.207. The summed E-state index contributed by atoms with van der Waals surface area (Å²) in [5, 5.41) is 8.03. The van der Waals surface area contributed by atoms with Gasteiger partial charge in [-0.25, -0.2) is 4.68 Å². The average Bonchev–Trinajstić information content (AvgIpc) is 3.27. The molecule has 0 radical (unpaired) electrons. The number of morpholine rings is 1. The van der Waals surface area contributed by atoms with E-state index in [9.17, 15) is 4.79 Å². The Morgan fingerprint density at radius 1 is 1.14 bits per heavy atom. The summed E-state index contributed by atoms with van der Waals surface area (Å²) in [5.74, 6) is -0.207. The topological polar surface area (TPSA) is 72.3 Å². The zero-order valence-corrected chi connectivity index (χ0v) is 20.9. The van der Waals surface area contributed by atoms with Crippen LogP contribution < -0.4 is 5.32 Å². The van der Waals surface area contributed by atoms with Gasteiger partial charge >= 0.3 is 0 Å². The quantitative estimate of drug-likeness (QED) is 0.540. The number of hydrogen-bond donors (Lipinski definition) is 1. The van der Waals surface area contributed by atoms with Gasteiger partial charge in [-0.15, -0.1) is 0 Å². The highest BCUT2D eigenvalue weighted by molar-refractivity contribution is 6.30. The van der Waals surface area contributed by atoms with E-state index in [1.807, 2.05) is 25.1 Å². The van der Waals surface area contributed by atoms with Gasteiger partial charge in [-0.3, -0.25) is 14.7 Å². The number of nitrogens with one attached hydrogen (secondary N) is 1. The van der Waals surface area contributed by atoms with Gasteiger partial charge in [0.15, 0.2) is 0 Å². The van der Waals surface area contributed by atoms with Crippen LogP contribution in [-0.2, 0) is 4.74 Å². The number of carbonyl (C=O) groups is 1. The fourth-order valence-corrected chi connectivity index (χ4v) is 5.09. The molecule has 1 N–H and O–H groups in total. The molecule has 7 nitrogen and oxygen atoms in total. The lowest BCUT2D eigenvalue weighted by Crippen LogP contribution is -2.43. The summed E-state index contributed by atoms with van der Waals surface area (Å²) in [5.41, 5.74) is 6.19. The lowest BCUT2D eigenvalue weighted by molar-refractivity contribution is 0.0150. The summed E-state index contributed by atoms with van der Waals surface area (Å²) in [4.78, 5) is 20.2. The number of nitrogens with zero attached hydrogens (tertiary/aromatic N) is 4. The van der Waals surface area contributed by atoms with Crippen molar-refractivity contribution in [2.45, 2.75) is 39.2 Å². The van der Waals surface area contributed by atoms with Crippen molar-refractivity contribution in [2.75, 3.05) is 31.6 Å². The van der Waals surface area contributed by atoms with Crippen molar-refractivity contribution in [3.63, 3.8) is 0 Å². The van der Waals surface area contributed by atoms with E-state index >= 15 is 0 Å². The average molecular weight is 492 g/mol. The number of benzene rings is 1. The second-order valence-corrected chi connectivity index (χ2v) is 9.62. The van der Waals surface area contributed by atoms with Crippen LogP contribution in [0, 0.1) is 13.8 Å². The molecular formula is C27H30ClN5O2. The number of ether oxygens (including phenoxy) is 1. The van der Waals surface area contributed by atoms with Crippen LogP contribution in [0.3, 0.4) is 0 Å². The fraction of sp³-hybridized carbons (Fsp3) is 0.370. The van der Waals surface area contributed by atoms with Gasteiger partial charge in [0, 0.05) is 24.2 Å². The Hall–Kier alpha value is -3.00. The largest absolute Gasteiger partial charge is 0.379 e. The Kier molecular flexibility index (Phi) is 7.00. The Morgan fingerprint density at radius 3 is 2.60 bits per heavy atom. The van der Waals surface area contributed by atoms with E-state index in [1.54, 1.807) is 29.2 Å². The van der Waals surface area contributed by atoms with Crippen LogP contribution in [0.15, 0.2) is 48.8 Å². The monoisotopic (exact) mass is 491 g/mol. The molecule has 2 aromatic heterocycles. The van der Waals surface area contributed by atoms with E-state index in [1.165, 1.54) is 5.57 Å². The van der Waals surface area contributed by atoms with Gasteiger partial charge < -0.3 is 10.1 Å². The smallest absolute Gasteiger partial charge is 0.259 e. The number of aryl methyl sites for hydroxylation is 1. The summed E-state index contributed by atoms with van der Waals surface area (Å²) >= 11 is 5.99. The first-order valence-corrected chi connectivity index (χ1v) is 12.5. The van der Waals surface area contributed by atoms with Crippen LogP contribution in [0.5, 0.6) is 0 Å². The van der Waals surface area contributed by atoms with E-state index < -0.39 is 0 Å². The molecule has 182 valence electrons. The van der Waals surface area contributed by atoms with Crippen molar-refractivity contribution >= 4 is 28.8 Å². The molecular weight excluding hydrogens is 462 g/mol. The summed E-state index contributed by atoms with van der Waals surface area (Å²) in [6.45, 7) is 7.65. The van der Waals surface area contributed by atoms with Crippen molar-refractivity contribution in [3.8, 4) is 5.69 Å². The highest BCUT2D eigenvalue weighted by atomic mass is 35.5. The zero-order chi connectivity index (χ0) is 24.4. The second kappa shape index (κ2) is 10.3. The number of rotatable bonds is 5. The molecule has 1 amide bonds. The van der Waals surface area contributed by atoms with Crippen LogP contribution in [-0.4, -0.2) is 57.9 Å². The molecule has 5 rings (SSSR count). The molecule has 35 heavy (non-hydrogen) atoms. The molecule has 0 spiro atoms. The van der Waals surface area contributed by atoms with Crippen LogP contribution >= 0.6 is 11.6 Å². The van der Waals surface area contributed by atoms with Crippen molar-refractivity contribution in [3.05, 3.63) is 76.3 Å². The Bertz CT molecular complexity index is 1240. The van der Waals surface area contributed by atoms with Crippen molar-refractivity contribution in [2.24, 2.45) is 0 Å². The molecule has 1 saturated heterocycles. The number of hydrogen-bond acceptors (Lipinski definition) is 5. The van der Waals surface area contributed by atoms with Gasteiger partial charge in [0.1, 0.15) is 0 Å². The summed E-state index contributed by atoms with van der Waals surface area (Å²) in [6.07, 6.45) is 8.88. The molecule has 1 unspecified atom stereocenters. The molecule has 1 aromatic carbocycles. The lowest BCUT2D eigenvalue weighted by Gasteiger charge is -2.36. The Labute approximate surface area is 210 Å². The molecule has 0 bridgehead atoms. The lowest BCUT2D eigenvalue weighted by atomic mass is 9.90. The normalized spacial score (nSPS) is 18.8. The molecule has 0 saturated carbocycles. The predicted octanol–water partition coefficient (Wildman–Crippen LogP) is 5.06. The van der Waals surface area contributed by atoms with Gasteiger partial charge in [0.2, 0.25) is 0 Å². The number of anilines is 1. The Balaban J connectivity index is 1.26. The van der Waals surface area contributed by atoms with Crippen molar-refractivity contribution in [1.82, 2.24) is 19.7 Å². The third-order valence-corrected chi connectivity index (χ3v) is 7.16. The number of pyridine rings is 1. The van der Waals surface area contributed by atoms with Crippen molar-refractivity contribution in [1.29, 1.82) is 0 Å². The summed E-state index contributed by atoms with van der Waals surface area (Å²) in [6, 6.07) is 9.95. The Morgan fingerprint density at radius 2 is 1.91 bits per heavy atom. The fourth-order valence-electron chi connectivity index (χ4n) is 4.96. The molecule has 1 aliphatic carbocycles. The summed E-state index contributed by atoms with van der Waals surface area (Å²) < 4.78 is 7.22. The van der Waals surface area contributed by atoms with E-state index in [4.69, 9.17) is 21.3 Å². The summed E-state index contributed by atoms with van der Waals surface area (Å²) in [7, 11) is 0. The van der Waals surface area contributed by atoms with E-state index in [2.05, 4.69) is 28.3 Å². The number of carbonyl (C=O) groups excluding carboxylic acids is 1. The van der Waals surface area contributed by atoms with Crippen LogP contribution in [0.1, 0.15) is 46.6 Å². The first kappa shape index (κ1) is 23.7. The second-order valence-electron chi connectivity index (χ2n) is 9.18. The minimum Gasteiger partial charge on any atom is -0.379 e. The highest BCUT2D eigenvalue weighted by Gasteiger charge is 2.24. The first-order valence-electron chi connectivity index (χ1n) is 12.1. The predicted molar refractivity (Wildman–Crippen MR) is 138 cm³/mol. The van der Waals surface area contributed by atoms with E-state index in [0.717, 1.165) is 68.2 Å². The maximum atomic E-state index is 13.0. The standard InChI is InChI=1S/C27H30ClN5O2/c1-18-15-22(16-29-26(18)20-3-7-23(8-4-20)32-11-13-35-14-12-32)31-27(34)25-17-30-33(19(25)2)24-9-5-21(28)6-10-24/h3,5-6,9-10,15-17,23H,4,7-8,11-14H2,1-2H3,(H,31,34). The number of aromatic nitrogens is 3. The van der Waals surface area contributed by atoms with Crippen LogP contribution in [0.25, 0.3) is 11.3 Å². The molecule has 3 heterocycles. The third kappa shape index (κ3) is 5.17.